The Morgan fingerprint density at radius 1 is 1.55 bits per heavy atom. The van der Waals surface area contributed by atoms with Gasteiger partial charge in [-0.05, 0) is 18.6 Å². The number of hydrogen-bond acceptors (Lipinski definition) is 1. The van der Waals surface area contributed by atoms with E-state index in [1.807, 2.05) is 0 Å². The van der Waals surface area contributed by atoms with Crippen LogP contribution < -0.4 is 5.32 Å². The molecule has 0 fully saturated rings. The molecule has 0 aliphatic carbocycles. The molecule has 0 bridgehead atoms. The second-order valence-corrected chi connectivity index (χ2v) is 3.00. The number of fused-ring (bicyclic) bond motifs is 1. The summed E-state index contributed by atoms with van der Waals surface area (Å²) < 4.78 is 2.43. The predicted octanol–water partition coefficient (Wildman–Crippen LogP) is 1.15. The van der Waals surface area contributed by atoms with E-state index in [9.17, 15) is 0 Å². The van der Waals surface area contributed by atoms with Crippen LogP contribution in [0.2, 0.25) is 0 Å². The smallest absolute Gasteiger partial charge is 0.0360 e. The molecule has 11 heavy (non-hydrogen) atoms. The summed E-state index contributed by atoms with van der Waals surface area (Å²) in [5.74, 6) is 0. The maximum absolute atomic E-state index is 3.36. The van der Waals surface area contributed by atoms with Crippen LogP contribution in [0.3, 0.4) is 0 Å². The molecular weight excluding hydrogens is 136 g/mol. The second-order valence-electron chi connectivity index (χ2n) is 3.00. The van der Waals surface area contributed by atoms with Crippen molar-refractivity contribution in [3.63, 3.8) is 0 Å². The molecule has 1 N–H and O–H groups in total. The minimum Gasteiger partial charge on any atom is -0.346 e. The van der Waals surface area contributed by atoms with Gasteiger partial charge in [-0.2, -0.15) is 0 Å². The molecule has 0 atom stereocenters. The molecular formula is C9H14N2. The summed E-state index contributed by atoms with van der Waals surface area (Å²) >= 11 is 0. The molecule has 0 aromatic carbocycles. The van der Waals surface area contributed by atoms with E-state index in [2.05, 4.69) is 28.9 Å². The molecule has 0 saturated heterocycles. The third-order valence-electron chi connectivity index (χ3n) is 2.34. The zero-order chi connectivity index (χ0) is 7.68. The van der Waals surface area contributed by atoms with E-state index in [0.717, 1.165) is 26.1 Å². The lowest BCUT2D eigenvalue weighted by atomic mass is 10.3. The van der Waals surface area contributed by atoms with E-state index >= 15 is 0 Å². The molecule has 60 valence electrons. The van der Waals surface area contributed by atoms with Gasteiger partial charge in [0, 0.05) is 31.0 Å². The topological polar surface area (TPSA) is 17.0 Å². The van der Waals surface area contributed by atoms with E-state index in [4.69, 9.17) is 0 Å². The van der Waals surface area contributed by atoms with Gasteiger partial charge >= 0.3 is 0 Å². The number of rotatable bonds is 1. The Hall–Kier alpha value is -0.760. The van der Waals surface area contributed by atoms with E-state index < -0.39 is 0 Å². The van der Waals surface area contributed by atoms with Crippen LogP contribution in [0.4, 0.5) is 0 Å². The first-order valence-electron chi connectivity index (χ1n) is 4.30. The van der Waals surface area contributed by atoms with Crippen molar-refractivity contribution in [2.75, 3.05) is 6.54 Å². The van der Waals surface area contributed by atoms with Crippen molar-refractivity contribution < 1.29 is 0 Å². The maximum atomic E-state index is 3.36. The predicted molar refractivity (Wildman–Crippen MR) is 45.5 cm³/mol. The van der Waals surface area contributed by atoms with Crippen LogP contribution in [-0.2, 0) is 19.5 Å². The SMILES string of the molecule is CCc1ccc2n1CCNC2. The van der Waals surface area contributed by atoms with Gasteiger partial charge in [0.2, 0.25) is 0 Å². The average Bonchev–Trinajstić information content (AvgIpc) is 2.47. The molecule has 1 aromatic heterocycles. The maximum Gasteiger partial charge on any atom is 0.0360 e. The van der Waals surface area contributed by atoms with Gasteiger partial charge in [0.15, 0.2) is 0 Å². The van der Waals surface area contributed by atoms with Crippen molar-refractivity contribution in [1.82, 2.24) is 9.88 Å². The van der Waals surface area contributed by atoms with Gasteiger partial charge in [0.05, 0.1) is 0 Å². The first-order valence-corrected chi connectivity index (χ1v) is 4.30. The number of nitrogens with one attached hydrogen (secondary N) is 1. The normalized spacial score (nSPS) is 16.5. The van der Waals surface area contributed by atoms with Crippen molar-refractivity contribution in [3.8, 4) is 0 Å². The summed E-state index contributed by atoms with van der Waals surface area (Å²) in [5.41, 5.74) is 2.91. The molecule has 2 heterocycles. The first-order chi connectivity index (χ1) is 5.42. The van der Waals surface area contributed by atoms with Gasteiger partial charge in [-0.15, -0.1) is 0 Å². The Kier molecular flexibility index (Phi) is 1.70. The summed E-state index contributed by atoms with van der Waals surface area (Å²) in [6, 6.07) is 4.47. The van der Waals surface area contributed by atoms with Crippen LogP contribution in [0.1, 0.15) is 18.3 Å². The molecule has 0 spiro atoms. The molecule has 2 rings (SSSR count). The summed E-state index contributed by atoms with van der Waals surface area (Å²) in [7, 11) is 0. The molecule has 0 saturated carbocycles. The molecule has 2 nitrogen and oxygen atoms in total. The highest BCUT2D eigenvalue weighted by Crippen LogP contribution is 2.12. The van der Waals surface area contributed by atoms with Crippen LogP contribution in [0.25, 0.3) is 0 Å². The van der Waals surface area contributed by atoms with Gasteiger partial charge in [-0.1, -0.05) is 6.92 Å². The van der Waals surface area contributed by atoms with E-state index in [-0.39, 0.29) is 0 Å². The highest BCUT2D eigenvalue weighted by atomic mass is 15.1. The molecule has 2 heteroatoms. The highest BCUT2D eigenvalue weighted by molar-refractivity contribution is 5.17. The van der Waals surface area contributed by atoms with Gasteiger partial charge in [0.25, 0.3) is 0 Å². The molecule has 1 aromatic rings. The Morgan fingerprint density at radius 2 is 2.45 bits per heavy atom. The number of nitrogens with zero attached hydrogens (tertiary/aromatic N) is 1. The Labute approximate surface area is 67.2 Å². The first kappa shape index (κ1) is 6.92. The van der Waals surface area contributed by atoms with Crippen molar-refractivity contribution in [2.45, 2.75) is 26.4 Å². The lowest BCUT2D eigenvalue weighted by molar-refractivity contribution is 0.504. The van der Waals surface area contributed by atoms with Crippen molar-refractivity contribution in [2.24, 2.45) is 0 Å². The largest absolute Gasteiger partial charge is 0.346 e. The molecule has 0 radical (unpaired) electrons. The fourth-order valence-electron chi connectivity index (χ4n) is 1.71. The summed E-state index contributed by atoms with van der Waals surface area (Å²) in [6.07, 6.45) is 1.15. The van der Waals surface area contributed by atoms with E-state index in [1.165, 1.54) is 11.4 Å². The molecule has 1 aliphatic heterocycles. The Balaban J connectivity index is 2.38. The van der Waals surface area contributed by atoms with Crippen molar-refractivity contribution in [1.29, 1.82) is 0 Å². The van der Waals surface area contributed by atoms with Gasteiger partial charge in [-0.3, -0.25) is 0 Å². The standard InChI is InChI=1S/C9H14N2/c1-2-8-3-4-9-7-10-5-6-11(8)9/h3-4,10H,2,5-7H2,1H3. The third kappa shape index (κ3) is 1.07. The summed E-state index contributed by atoms with van der Waals surface area (Å²) in [6.45, 7) is 5.52. The average molecular weight is 150 g/mol. The van der Waals surface area contributed by atoms with E-state index in [0.29, 0.717) is 0 Å². The number of aromatic nitrogens is 1. The van der Waals surface area contributed by atoms with Crippen LogP contribution in [0.15, 0.2) is 12.1 Å². The van der Waals surface area contributed by atoms with Crippen LogP contribution in [0.5, 0.6) is 0 Å². The lowest BCUT2D eigenvalue weighted by Crippen LogP contribution is -2.28. The number of hydrogen-bond donors (Lipinski definition) is 1. The Morgan fingerprint density at radius 3 is 3.27 bits per heavy atom. The number of aryl methyl sites for hydroxylation is 1. The van der Waals surface area contributed by atoms with Gasteiger partial charge in [-0.25, -0.2) is 0 Å². The second kappa shape index (κ2) is 2.70. The minimum absolute atomic E-state index is 1.04. The van der Waals surface area contributed by atoms with Crippen LogP contribution >= 0.6 is 0 Å². The van der Waals surface area contributed by atoms with Crippen molar-refractivity contribution in [3.05, 3.63) is 23.5 Å². The van der Waals surface area contributed by atoms with Gasteiger partial charge in [0.1, 0.15) is 0 Å². The molecule has 1 aliphatic rings. The Bertz CT molecular complexity index is 237. The van der Waals surface area contributed by atoms with Gasteiger partial charge < -0.3 is 9.88 Å². The minimum atomic E-state index is 1.04. The zero-order valence-electron chi connectivity index (χ0n) is 6.93. The van der Waals surface area contributed by atoms with Crippen LogP contribution in [-0.4, -0.2) is 11.1 Å². The molecule has 0 amide bonds. The highest BCUT2D eigenvalue weighted by Gasteiger charge is 2.09. The third-order valence-corrected chi connectivity index (χ3v) is 2.34. The van der Waals surface area contributed by atoms with Crippen LogP contribution in [0, 0.1) is 0 Å². The fraction of sp³-hybridized carbons (Fsp3) is 0.556. The monoisotopic (exact) mass is 150 g/mol. The fourth-order valence-corrected chi connectivity index (χ4v) is 1.71. The lowest BCUT2D eigenvalue weighted by Gasteiger charge is -2.18. The summed E-state index contributed by atoms with van der Waals surface area (Å²) in [4.78, 5) is 0. The quantitative estimate of drug-likeness (QED) is 0.635. The van der Waals surface area contributed by atoms with Crippen molar-refractivity contribution >= 4 is 0 Å². The molecule has 0 unspecified atom stereocenters. The summed E-state index contributed by atoms with van der Waals surface area (Å²) in [5, 5.41) is 3.36. The van der Waals surface area contributed by atoms with E-state index in [1.54, 1.807) is 0 Å². The zero-order valence-corrected chi connectivity index (χ0v) is 6.93.